The first-order valence-electron chi connectivity index (χ1n) is 7.29. The van der Waals surface area contributed by atoms with Gasteiger partial charge in [0.15, 0.2) is 0 Å². The molecule has 1 aliphatic heterocycles. The molecule has 1 fully saturated rings. The van der Waals surface area contributed by atoms with Crippen molar-refractivity contribution < 1.29 is 18.0 Å². The molecule has 24 heavy (non-hydrogen) atoms. The average Bonchev–Trinajstić information content (AvgIpc) is 2.61. The Balaban J connectivity index is 1.66. The SMILES string of the molecule is O=C(c1cccnc1)N1CCN(c2nccc(C(F)(F)F)n2)CC1. The maximum Gasteiger partial charge on any atom is 0.433 e. The first-order chi connectivity index (χ1) is 11.4. The molecule has 126 valence electrons. The van der Waals surface area contributed by atoms with Gasteiger partial charge in [0.05, 0.1) is 5.56 Å². The van der Waals surface area contributed by atoms with Crippen LogP contribution in [0.25, 0.3) is 0 Å². The molecule has 0 aliphatic carbocycles. The van der Waals surface area contributed by atoms with E-state index in [0.29, 0.717) is 31.7 Å². The molecule has 0 radical (unpaired) electrons. The second-order valence-electron chi connectivity index (χ2n) is 5.26. The number of nitrogens with zero attached hydrogens (tertiary/aromatic N) is 5. The van der Waals surface area contributed by atoms with Crippen molar-refractivity contribution in [3.05, 3.63) is 48.0 Å². The number of carbonyl (C=O) groups is 1. The van der Waals surface area contributed by atoms with Crippen LogP contribution in [0.5, 0.6) is 0 Å². The number of pyridine rings is 1. The molecule has 1 saturated heterocycles. The van der Waals surface area contributed by atoms with Crippen molar-refractivity contribution in [3.63, 3.8) is 0 Å². The Hall–Kier alpha value is -2.71. The van der Waals surface area contributed by atoms with Gasteiger partial charge in [-0.15, -0.1) is 0 Å². The molecule has 6 nitrogen and oxygen atoms in total. The lowest BCUT2D eigenvalue weighted by atomic mass is 10.2. The number of hydrogen-bond donors (Lipinski definition) is 0. The second-order valence-corrected chi connectivity index (χ2v) is 5.26. The van der Waals surface area contributed by atoms with E-state index in [9.17, 15) is 18.0 Å². The summed E-state index contributed by atoms with van der Waals surface area (Å²) in [6.07, 6.45) is -0.335. The molecule has 0 N–H and O–H groups in total. The standard InChI is InChI=1S/C15H14F3N5O/c16-15(17,18)12-3-5-20-14(21-12)23-8-6-22(7-9-23)13(24)11-2-1-4-19-10-11/h1-5,10H,6-9H2. The van der Waals surface area contributed by atoms with Gasteiger partial charge in [0.1, 0.15) is 5.69 Å². The molecule has 3 rings (SSSR count). The summed E-state index contributed by atoms with van der Waals surface area (Å²) in [4.78, 5) is 27.0. The van der Waals surface area contributed by atoms with Crippen LogP contribution in [0.4, 0.5) is 19.1 Å². The summed E-state index contributed by atoms with van der Waals surface area (Å²) in [7, 11) is 0. The molecular weight excluding hydrogens is 323 g/mol. The van der Waals surface area contributed by atoms with Crippen molar-refractivity contribution in [2.24, 2.45) is 0 Å². The Morgan fingerprint density at radius 2 is 1.83 bits per heavy atom. The Kier molecular flexibility index (Phi) is 4.32. The number of alkyl halides is 3. The summed E-state index contributed by atoms with van der Waals surface area (Å²) in [6.45, 7) is 1.50. The van der Waals surface area contributed by atoms with E-state index < -0.39 is 11.9 Å². The van der Waals surface area contributed by atoms with Crippen LogP contribution in [-0.4, -0.2) is 51.9 Å². The number of carbonyl (C=O) groups excluding carboxylic acids is 1. The van der Waals surface area contributed by atoms with E-state index in [1.165, 1.54) is 6.20 Å². The molecule has 0 bridgehead atoms. The van der Waals surface area contributed by atoms with Crippen molar-refractivity contribution in [2.75, 3.05) is 31.1 Å². The highest BCUT2D eigenvalue weighted by Gasteiger charge is 2.33. The largest absolute Gasteiger partial charge is 0.433 e. The van der Waals surface area contributed by atoms with Crippen LogP contribution in [-0.2, 0) is 6.18 Å². The van der Waals surface area contributed by atoms with Crippen LogP contribution < -0.4 is 4.90 Å². The topological polar surface area (TPSA) is 62.2 Å². The maximum atomic E-state index is 12.7. The van der Waals surface area contributed by atoms with Crippen molar-refractivity contribution in [1.82, 2.24) is 19.9 Å². The number of halogens is 3. The van der Waals surface area contributed by atoms with Crippen LogP contribution in [0.1, 0.15) is 16.1 Å². The molecule has 1 aliphatic rings. The number of hydrogen-bond acceptors (Lipinski definition) is 5. The normalized spacial score (nSPS) is 15.5. The van der Waals surface area contributed by atoms with Crippen LogP contribution in [0.15, 0.2) is 36.8 Å². The molecule has 0 aromatic carbocycles. The van der Waals surface area contributed by atoms with Crippen LogP contribution in [0.3, 0.4) is 0 Å². The van der Waals surface area contributed by atoms with E-state index in [-0.39, 0.29) is 11.9 Å². The zero-order valence-electron chi connectivity index (χ0n) is 12.6. The van der Waals surface area contributed by atoms with Gasteiger partial charge < -0.3 is 9.80 Å². The molecule has 0 unspecified atom stereocenters. The monoisotopic (exact) mass is 337 g/mol. The molecule has 0 atom stereocenters. The number of anilines is 1. The summed E-state index contributed by atoms with van der Waals surface area (Å²) in [5.74, 6) is -0.119. The molecule has 2 aromatic rings. The molecule has 9 heteroatoms. The highest BCUT2D eigenvalue weighted by Crippen LogP contribution is 2.28. The molecule has 3 heterocycles. The lowest BCUT2D eigenvalue weighted by Gasteiger charge is -2.34. The van der Waals surface area contributed by atoms with Gasteiger partial charge in [-0.05, 0) is 18.2 Å². The summed E-state index contributed by atoms with van der Waals surface area (Å²) >= 11 is 0. The van der Waals surface area contributed by atoms with Gasteiger partial charge >= 0.3 is 6.18 Å². The van der Waals surface area contributed by atoms with Gasteiger partial charge in [0, 0.05) is 44.8 Å². The van der Waals surface area contributed by atoms with E-state index in [0.717, 1.165) is 12.3 Å². The third-order valence-electron chi connectivity index (χ3n) is 3.69. The third kappa shape index (κ3) is 3.44. The van der Waals surface area contributed by atoms with Gasteiger partial charge in [-0.1, -0.05) is 0 Å². The molecule has 0 spiro atoms. The second kappa shape index (κ2) is 6.42. The van der Waals surface area contributed by atoms with Crippen LogP contribution in [0.2, 0.25) is 0 Å². The Bertz CT molecular complexity index is 715. The van der Waals surface area contributed by atoms with Gasteiger partial charge in [0.25, 0.3) is 5.91 Å². The first kappa shape index (κ1) is 16.2. The minimum absolute atomic E-state index is 0.0262. The number of aromatic nitrogens is 3. The fourth-order valence-electron chi connectivity index (χ4n) is 2.44. The lowest BCUT2D eigenvalue weighted by molar-refractivity contribution is -0.141. The van der Waals surface area contributed by atoms with E-state index in [1.54, 1.807) is 28.1 Å². The fraction of sp³-hybridized carbons (Fsp3) is 0.333. The van der Waals surface area contributed by atoms with E-state index in [2.05, 4.69) is 15.0 Å². The highest BCUT2D eigenvalue weighted by molar-refractivity contribution is 5.94. The minimum Gasteiger partial charge on any atom is -0.337 e. The summed E-state index contributed by atoms with van der Waals surface area (Å²) in [5.41, 5.74) is -0.484. The van der Waals surface area contributed by atoms with Crippen molar-refractivity contribution in [1.29, 1.82) is 0 Å². The zero-order chi connectivity index (χ0) is 17.2. The van der Waals surface area contributed by atoms with Gasteiger partial charge in [-0.25, -0.2) is 9.97 Å². The van der Waals surface area contributed by atoms with Crippen LogP contribution >= 0.6 is 0 Å². The molecule has 1 amide bonds. The van der Waals surface area contributed by atoms with Crippen molar-refractivity contribution in [3.8, 4) is 0 Å². The van der Waals surface area contributed by atoms with Gasteiger partial charge in [-0.2, -0.15) is 13.2 Å². The number of rotatable bonds is 2. The summed E-state index contributed by atoms with van der Waals surface area (Å²) in [6, 6.07) is 4.20. The first-order valence-corrected chi connectivity index (χ1v) is 7.29. The van der Waals surface area contributed by atoms with Crippen molar-refractivity contribution in [2.45, 2.75) is 6.18 Å². The predicted octanol–water partition coefficient (Wildman–Crippen LogP) is 1.85. The average molecular weight is 337 g/mol. The highest BCUT2D eigenvalue weighted by atomic mass is 19.4. The smallest absolute Gasteiger partial charge is 0.337 e. The van der Waals surface area contributed by atoms with E-state index in [1.807, 2.05) is 0 Å². The van der Waals surface area contributed by atoms with Gasteiger partial charge in [-0.3, -0.25) is 9.78 Å². The summed E-state index contributed by atoms with van der Waals surface area (Å²) < 4.78 is 38.2. The Morgan fingerprint density at radius 3 is 2.46 bits per heavy atom. The predicted molar refractivity (Wildman–Crippen MR) is 79.4 cm³/mol. The number of amides is 1. The van der Waals surface area contributed by atoms with E-state index >= 15 is 0 Å². The fourth-order valence-corrected chi connectivity index (χ4v) is 2.44. The maximum absolute atomic E-state index is 12.7. The Morgan fingerprint density at radius 1 is 1.08 bits per heavy atom. The van der Waals surface area contributed by atoms with E-state index in [4.69, 9.17) is 0 Å². The van der Waals surface area contributed by atoms with Crippen LogP contribution in [0, 0.1) is 0 Å². The number of piperazine rings is 1. The summed E-state index contributed by atoms with van der Waals surface area (Å²) in [5, 5.41) is 0. The molecular formula is C15H14F3N5O. The zero-order valence-corrected chi connectivity index (χ0v) is 12.6. The quantitative estimate of drug-likeness (QED) is 0.837. The van der Waals surface area contributed by atoms with Gasteiger partial charge in [0.2, 0.25) is 5.95 Å². The molecule has 2 aromatic heterocycles. The van der Waals surface area contributed by atoms with Crippen molar-refractivity contribution >= 4 is 11.9 Å². The lowest BCUT2D eigenvalue weighted by Crippen LogP contribution is -2.49. The minimum atomic E-state index is -4.50. The molecule has 0 saturated carbocycles. The Labute approximate surface area is 136 Å². The third-order valence-corrected chi connectivity index (χ3v) is 3.69.